The molecule has 4 heterocycles. The van der Waals surface area contributed by atoms with Crippen LogP contribution in [0, 0.1) is 0 Å². The molecule has 6 heteroatoms. The van der Waals surface area contributed by atoms with Crippen LogP contribution >= 0.6 is 0 Å². The van der Waals surface area contributed by atoms with Crippen LogP contribution in [0.4, 0.5) is 11.4 Å². The van der Waals surface area contributed by atoms with Crippen molar-refractivity contribution in [3.8, 4) is 0 Å². The topological polar surface area (TPSA) is 71.1 Å². The van der Waals surface area contributed by atoms with Crippen LogP contribution in [0.2, 0.25) is 0 Å². The van der Waals surface area contributed by atoms with Crippen molar-refractivity contribution < 1.29 is 19.7 Å². The molecule has 2 aromatic carbocycles. The number of allylic oxidation sites excluding steroid dienone is 2. The average molecular weight is 687 g/mol. The standard InChI is InChI=1S/C44H68N2O4/c1-3-45-31-35-49-33-21-19-17-15-13-11-9-7-5-6-8-10-12-14-16-18-20-22-34-50-36-32-46(4-2)40-29-25-38(26-30-40)42-43(47)41(44(42)48)37-23-27-39(45)28-24-37/h23-30,47-48H,3-22,31-36H2,1-2H3/p-2. The molecule has 0 unspecified atom stereocenters. The fourth-order valence-electron chi connectivity index (χ4n) is 7.33. The van der Waals surface area contributed by atoms with Crippen LogP contribution in [0.5, 0.6) is 0 Å². The zero-order valence-corrected chi connectivity index (χ0v) is 31.5. The quantitative estimate of drug-likeness (QED) is 0.314. The molecule has 0 fully saturated rings. The summed E-state index contributed by atoms with van der Waals surface area (Å²) in [5, 5.41) is 26.5. The van der Waals surface area contributed by atoms with Crippen LogP contribution in [0.3, 0.4) is 0 Å². The number of nitrogens with zero attached hydrogens (tertiary/aromatic N) is 2. The van der Waals surface area contributed by atoms with Gasteiger partial charge in [-0.3, -0.25) is 0 Å². The fourth-order valence-corrected chi connectivity index (χ4v) is 7.33. The molecule has 278 valence electrons. The van der Waals surface area contributed by atoms with E-state index >= 15 is 0 Å². The molecule has 0 radical (unpaired) electrons. The maximum absolute atomic E-state index is 13.2. The summed E-state index contributed by atoms with van der Waals surface area (Å²) in [5.41, 5.74) is 4.12. The molecule has 6 bridgehead atoms. The zero-order chi connectivity index (χ0) is 35.2. The Morgan fingerprint density at radius 3 is 0.980 bits per heavy atom. The lowest BCUT2D eigenvalue weighted by Gasteiger charge is -2.40. The summed E-state index contributed by atoms with van der Waals surface area (Å²) >= 11 is 0. The van der Waals surface area contributed by atoms with E-state index in [0.29, 0.717) is 35.5 Å². The number of rotatable bonds is 2. The summed E-state index contributed by atoms with van der Waals surface area (Å²) in [6.45, 7) is 10.7. The molecule has 1 aliphatic carbocycles. The van der Waals surface area contributed by atoms with Gasteiger partial charge in [-0.15, -0.1) is 0 Å². The van der Waals surface area contributed by atoms with E-state index in [0.717, 1.165) is 63.6 Å². The zero-order valence-electron chi connectivity index (χ0n) is 31.5. The first-order valence-corrected chi connectivity index (χ1v) is 20.3. The molecule has 50 heavy (non-hydrogen) atoms. The Morgan fingerprint density at radius 1 is 0.420 bits per heavy atom. The molecule has 0 spiro atoms. The Labute approximate surface area is 304 Å². The summed E-state index contributed by atoms with van der Waals surface area (Å²) in [4.78, 5) is 4.56. The van der Waals surface area contributed by atoms with Gasteiger partial charge in [0.1, 0.15) is 0 Å². The van der Waals surface area contributed by atoms with Crippen LogP contribution in [-0.2, 0) is 9.47 Å². The fraction of sp³-hybridized carbons (Fsp3) is 0.636. The van der Waals surface area contributed by atoms with Gasteiger partial charge in [-0.1, -0.05) is 139 Å². The first-order valence-electron chi connectivity index (χ1n) is 20.3. The van der Waals surface area contributed by atoms with Crippen molar-refractivity contribution in [3.63, 3.8) is 0 Å². The average Bonchev–Trinajstić information content (AvgIpc) is 3.13. The van der Waals surface area contributed by atoms with Crippen LogP contribution in [-0.4, -0.2) is 52.6 Å². The lowest BCUT2D eigenvalue weighted by atomic mass is 9.84. The van der Waals surface area contributed by atoms with Gasteiger partial charge in [-0.05, 0) is 73.2 Å². The van der Waals surface area contributed by atoms with Gasteiger partial charge in [0.05, 0.1) is 13.2 Å². The van der Waals surface area contributed by atoms with E-state index in [1.807, 2.05) is 48.5 Å². The van der Waals surface area contributed by atoms with E-state index in [2.05, 4.69) is 23.6 Å². The molecular weight excluding hydrogens is 620 g/mol. The Morgan fingerprint density at radius 2 is 0.700 bits per heavy atom. The van der Waals surface area contributed by atoms with E-state index in [1.165, 1.54) is 103 Å². The summed E-state index contributed by atoms with van der Waals surface area (Å²) in [5.74, 6) is -0.330. The predicted octanol–water partition coefficient (Wildman–Crippen LogP) is 9.26. The maximum atomic E-state index is 13.2. The Kier molecular flexibility index (Phi) is 18.7. The molecule has 6 nitrogen and oxygen atoms in total. The number of anilines is 2. The molecule has 7 rings (SSSR count). The summed E-state index contributed by atoms with van der Waals surface area (Å²) in [6.07, 6.45) is 24.1. The van der Waals surface area contributed by atoms with Gasteiger partial charge in [-0.25, -0.2) is 0 Å². The van der Waals surface area contributed by atoms with Crippen molar-refractivity contribution in [1.29, 1.82) is 0 Å². The van der Waals surface area contributed by atoms with Gasteiger partial charge >= 0.3 is 0 Å². The molecule has 0 atom stereocenters. The predicted molar refractivity (Wildman–Crippen MR) is 207 cm³/mol. The molecule has 0 amide bonds. The van der Waals surface area contributed by atoms with E-state index < -0.39 is 0 Å². The molecule has 5 aliphatic rings. The number of benzene rings is 2. The minimum atomic E-state index is -0.165. The highest BCUT2D eigenvalue weighted by Crippen LogP contribution is 2.42. The molecule has 0 saturated carbocycles. The largest absolute Gasteiger partial charge is 0.872 e. The van der Waals surface area contributed by atoms with E-state index in [4.69, 9.17) is 9.47 Å². The number of likely N-dealkylation sites (N-methyl/N-ethyl adjacent to an activating group) is 2. The van der Waals surface area contributed by atoms with Crippen LogP contribution in [0.15, 0.2) is 60.0 Å². The SMILES string of the molecule is CCN1CCOCCCCCCCCCCCCCCCCCCCCOCCN(CC)c2ccc(cc2)C2=C([O-])C(=C2[O-])c2ccc1cc2. The van der Waals surface area contributed by atoms with Gasteiger partial charge in [0.25, 0.3) is 0 Å². The highest BCUT2D eigenvalue weighted by molar-refractivity contribution is 6.05. The lowest BCUT2D eigenvalue weighted by Crippen LogP contribution is -2.28. The van der Waals surface area contributed by atoms with Crippen LogP contribution < -0.4 is 20.0 Å². The second kappa shape index (κ2) is 23.5. The van der Waals surface area contributed by atoms with Crippen LogP contribution in [0.1, 0.15) is 141 Å². The number of hydrogen-bond acceptors (Lipinski definition) is 6. The summed E-state index contributed by atoms with van der Waals surface area (Å²) in [6, 6.07) is 15.7. The van der Waals surface area contributed by atoms with Crippen molar-refractivity contribution in [2.75, 3.05) is 62.4 Å². The highest BCUT2D eigenvalue weighted by atomic mass is 16.5. The third kappa shape index (κ3) is 13.0. The molecule has 2 aromatic rings. The third-order valence-corrected chi connectivity index (χ3v) is 10.6. The van der Waals surface area contributed by atoms with Gasteiger partial charge in [0.15, 0.2) is 0 Å². The first kappa shape index (κ1) is 39.8. The van der Waals surface area contributed by atoms with Crippen molar-refractivity contribution in [2.24, 2.45) is 0 Å². The molecule has 0 saturated heterocycles. The Hall–Kier alpha value is -2.96. The molecule has 0 aromatic heterocycles. The third-order valence-electron chi connectivity index (χ3n) is 10.6. The smallest absolute Gasteiger partial charge is 0.0641 e. The Balaban J connectivity index is 1.28. The van der Waals surface area contributed by atoms with Gasteiger partial charge in [0, 0.05) is 50.8 Å². The van der Waals surface area contributed by atoms with Gasteiger partial charge < -0.3 is 29.5 Å². The van der Waals surface area contributed by atoms with E-state index in [1.54, 1.807) is 0 Å². The summed E-state index contributed by atoms with van der Waals surface area (Å²) in [7, 11) is 0. The highest BCUT2D eigenvalue weighted by Gasteiger charge is 2.19. The second-order valence-corrected chi connectivity index (χ2v) is 14.3. The van der Waals surface area contributed by atoms with Crippen LogP contribution in [0.25, 0.3) is 11.1 Å². The number of hydrogen-bond donors (Lipinski definition) is 0. The molecule has 4 aliphatic heterocycles. The Bertz CT molecular complexity index is 1160. The van der Waals surface area contributed by atoms with Gasteiger partial charge in [-0.2, -0.15) is 0 Å². The minimum Gasteiger partial charge on any atom is -0.872 e. The van der Waals surface area contributed by atoms with Crippen molar-refractivity contribution in [1.82, 2.24) is 0 Å². The van der Waals surface area contributed by atoms with E-state index in [-0.39, 0.29) is 11.5 Å². The van der Waals surface area contributed by atoms with Crippen molar-refractivity contribution in [2.45, 2.75) is 129 Å². The maximum Gasteiger partial charge on any atom is 0.0641 e. The number of ether oxygens (including phenoxy) is 2. The van der Waals surface area contributed by atoms with Crippen molar-refractivity contribution >= 4 is 22.5 Å². The minimum absolute atomic E-state index is 0.165. The summed E-state index contributed by atoms with van der Waals surface area (Å²) < 4.78 is 12.0. The second-order valence-electron chi connectivity index (χ2n) is 14.3. The normalized spacial score (nSPS) is 20.2. The lowest BCUT2D eigenvalue weighted by molar-refractivity contribution is -0.316. The molecule has 0 N–H and O–H groups in total. The number of fused-ring (bicyclic) bond motifs is 2. The molecular formula is C44H66N2O4-2. The van der Waals surface area contributed by atoms with Crippen molar-refractivity contribution in [3.05, 3.63) is 71.2 Å². The monoisotopic (exact) mass is 687 g/mol. The van der Waals surface area contributed by atoms with E-state index in [9.17, 15) is 10.2 Å². The van der Waals surface area contributed by atoms with Gasteiger partial charge in [0.2, 0.25) is 0 Å². The first-order chi connectivity index (χ1) is 24.6.